The molecule has 1 N–H and O–H groups in total. The van der Waals surface area contributed by atoms with Crippen LogP contribution >= 0.6 is 0 Å². The van der Waals surface area contributed by atoms with Gasteiger partial charge in [0.15, 0.2) is 0 Å². The molecule has 5 heteroatoms. The summed E-state index contributed by atoms with van der Waals surface area (Å²) in [5.41, 5.74) is 4.25. The molecule has 1 atom stereocenters. The standard InChI is InChI=1S/C18H24N4O/c1-4-22-17(9-10-19-22)16-6-5-11-21(16)18(23)20-15-12-13(2)7-8-14(15)3/h7-10,12,16H,4-6,11H2,1-3H3,(H,20,23)/t16-/m0/s1. The summed E-state index contributed by atoms with van der Waals surface area (Å²) in [4.78, 5) is 14.7. The van der Waals surface area contributed by atoms with Crippen LogP contribution in [0.3, 0.4) is 0 Å². The van der Waals surface area contributed by atoms with Gasteiger partial charge in [-0.2, -0.15) is 5.10 Å². The quantitative estimate of drug-likeness (QED) is 0.934. The number of rotatable bonds is 3. The normalized spacial score (nSPS) is 17.5. The minimum absolute atomic E-state index is 0.0231. The molecule has 2 aromatic rings. The van der Waals surface area contributed by atoms with Crippen molar-refractivity contribution in [2.75, 3.05) is 11.9 Å². The van der Waals surface area contributed by atoms with Gasteiger partial charge in [0.2, 0.25) is 0 Å². The van der Waals surface area contributed by atoms with Crippen molar-refractivity contribution in [3.05, 3.63) is 47.3 Å². The number of benzene rings is 1. The van der Waals surface area contributed by atoms with Crippen molar-refractivity contribution in [3.63, 3.8) is 0 Å². The largest absolute Gasteiger partial charge is 0.322 e. The Bertz CT molecular complexity index is 707. The average Bonchev–Trinajstić information content (AvgIpc) is 3.18. The fraction of sp³-hybridized carbons (Fsp3) is 0.444. The van der Waals surface area contributed by atoms with E-state index in [1.807, 2.05) is 47.8 Å². The topological polar surface area (TPSA) is 50.2 Å². The number of nitrogens with one attached hydrogen (secondary N) is 1. The van der Waals surface area contributed by atoms with E-state index in [9.17, 15) is 4.79 Å². The Kier molecular flexibility index (Phi) is 4.37. The van der Waals surface area contributed by atoms with Crippen molar-refractivity contribution < 1.29 is 4.79 Å². The fourth-order valence-electron chi connectivity index (χ4n) is 3.27. The number of nitrogens with zero attached hydrogens (tertiary/aromatic N) is 3. The molecule has 122 valence electrons. The second-order valence-electron chi connectivity index (χ2n) is 6.17. The average molecular weight is 312 g/mol. The van der Waals surface area contributed by atoms with Gasteiger partial charge >= 0.3 is 6.03 Å². The minimum Gasteiger partial charge on any atom is -0.316 e. The summed E-state index contributed by atoms with van der Waals surface area (Å²) in [6.45, 7) is 7.74. The smallest absolute Gasteiger partial charge is 0.316 e. The van der Waals surface area contributed by atoms with Gasteiger partial charge in [-0.3, -0.25) is 4.68 Å². The molecule has 3 rings (SSSR count). The number of urea groups is 1. The van der Waals surface area contributed by atoms with Crippen LogP contribution in [0.1, 0.15) is 42.6 Å². The predicted molar refractivity (Wildman–Crippen MR) is 91.5 cm³/mol. The Morgan fingerprint density at radius 2 is 2.17 bits per heavy atom. The number of hydrogen-bond acceptors (Lipinski definition) is 2. The third-order valence-electron chi connectivity index (χ3n) is 4.54. The first-order valence-corrected chi connectivity index (χ1v) is 8.26. The monoisotopic (exact) mass is 312 g/mol. The van der Waals surface area contributed by atoms with Crippen molar-refractivity contribution in [1.82, 2.24) is 14.7 Å². The lowest BCUT2D eigenvalue weighted by molar-refractivity contribution is 0.204. The van der Waals surface area contributed by atoms with E-state index < -0.39 is 0 Å². The molecule has 0 saturated carbocycles. The summed E-state index contributed by atoms with van der Waals surface area (Å²) < 4.78 is 1.98. The molecule has 0 aliphatic carbocycles. The van der Waals surface area contributed by atoms with Crippen molar-refractivity contribution in [2.45, 2.75) is 46.2 Å². The zero-order valence-electron chi connectivity index (χ0n) is 14.0. The molecule has 0 bridgehead atoms. The molecule has 1 aromatic heterocycles. The van der Waals surface area contributed by atoms with Gasteiger partial charge in [-0.1, -0.05) is 12.1 Å². The molecular weight excluding hydrogens is 288 g/mol. The van der Waals surface area contributed by atoms with E-state index >= 15 is 0 Å². The Balaban J connectivity index is 1.80. The van der Waals surface area contributed by atoms with E-state index in [1.165, 1.54) is 0 Å². The third-order valence-corrected chi connectivity index (χ3v) is 4.54. The maximum atomic E-state index is 12.8. The highest BCUT2D eigenvalue weighted by Gasteiger charge is 2.32. The molecule has 0 spiro atoms. The van der Waals surface area contributed by atoms with Gasteiger partial charge < -0.3 is 10.2 Å². The van der Waals surface area contributed by atoms with Crippen molar-refractivity contribution in [3.8, 4) is 0 Å². The van der Waals surface area contributed by atoms with Crippen LogP contribution in [-0.2, 0) is 6.54 Å². The molecule has 23 heavy (non-hydrogen) atoms. The molecule has 2 amide bonds. The van der Waals surface area contributed by atoms with Gasteiger partial charge in [-0.15, -0.1) is 0 Å². The van der Waals surface area contributed by atoms with Crippen LogP contribution in [0.5, 0.6) is 0 Å². The molecular formula is C18H24N4O. The number of aromatic nitrogens is 2. The van der Waals surface area contributed by atoms with Crippen molar-refractivity contribution >= 4 is 11.7 Å². The van der Waals surface area contributed by atoms with Crippen LogP contribution in [0.4, 0.5) is 10.5 Å². The highest BCUT2D eigenvalue weighted by atomic mass is 16.2. The summed E-state index contributed by atoms with van der Waals surface area (Å²) >= 11 is 0. The van der Waals surface area contributed by atoms with E-state index in [4.69, 9.17) is 0 Å². The third kappa shape index (κ3) is 3.09. The van der Waals surface area contributed by atoms with Gasteiger partial charge in [0.1, 0.15) is 0 Å². The zero-order valence-corrected chi connectivity index (χ0v) is 14.0. The van der Waals surface area contributed by atoms with E-state index in [-0.39, 0.29) is 12.1 Å². The zero-order chi connectivity index (χ0) is 16.4. The molecule has 1 fully saturated rings. The van der Waals surface area contributed by atoms with Gasteiger partial charge in [0.05, 0.1) is 11.7 Å². The van der Waals surface area contributed by atoms with E-state index in [2.05, 4.69) is 23.4 Å². The Labute approximate surface area is 137 Å². The second kappa shape index (κ2) is 6.44. The van der Waals surface area contributed by atoms with E-state index in [0.717, 1.165) is 48.4 Å². The van der Waals surface area contributed by atoms with Crippen LogP contribution in [0.2, 0.25) is 0 Å². The minimum atomic E-state index is -0.0231. The van der Waals surface area contributed by atoms with Crippen LogP contribution in [-0.4, -0.2) is 27.3 Å². The lowest BCUT2D eigenvalue weighted by Crippen LogP contribution is -2.35. The Morgan fingerprint density at radius 1 is 1.35 bits per heavy atom. The van der Waals surface area contributed by atoms with Gasteiger partial charge in [0.25, 0.3) is 0 Å². The van der Waals surface area contributed by atoms with Crippen LogP contribution < -0.4 is 5.32 Å². The first kappa shape index (κ1) is 15.6. The molecule has 5 nitrogen and oxygen atoms in total. The molecule has 0 unspecified atom stereocenters. The SMILES string of the molecule is CCn1nccc1[C@@H]1CCCN1C(=O)Nc1cc(C)ccc1C. The summed E-state index contributed by atoms with van der Waals surface area (Å²) in [6.07, 6.45) is 3.84. The number of aryl methyl sites for hydroxylation is 3. The Morgan fingerprint density at radius 3 is 2.96 bits per heavy atom. The van der Waals surface area contributed by atoms with Gasteiger partial charge in [0, 0.05) is 25.0 Å². The summed E-state index contributed by atoms with van der Waals surface area (Å²) in [5, 5.41) is 7.42. The summed E-state index contributed by atoms with van der Waals surface area (Å²) in [6, 6.07) is 8.24. The van der Waals surface area contributed by atoms with E-state index in [0.29, 0.717) is 0 Å². The maximum absolute atomic E-state index is 12.8. The highest BCUT2D eigenvalue weighted by Crippen LogP contribution is 2.32. The number of amides is 2. The van der Waals surface area contributed by atoms with Gasteiger partial charge in [-0.25, -0.2) is 4.79 Å². The van der Waals surface area contributed by atoms with E-state index in [1.54, 1.807) is 0 Å². The van der Waals surface area contributed by atoms with Crippen LogP contribution in [0.25, 0.3) is 0 Å². The number of anilines is 1. The number of carbonyl (C=O) groups is 1. The lowest BCUT2D eigenvalue weighted by Gasteiger charge is -2.26. The Hall–Kier alpha value is -2.30. The first-order valence-electron chi connectivity index (χ1n) is 8.26. The molecule has 1 saturated heterocycles. The molecule has 1 aromatic carbocycles. The highest BCUT2D eigenvalue weighted by molar-refractivity contribution is 5.90. The fourth-order valence-corrected chi connectivity index (χ4v) is 3.27. The second-order valence-corrected chi connectivity index (χ2v) is 6.17. The van der Waals surface area contributed by atoms with Gasteiger partial charge in [-0.05, 0) is 56.9 Å². The molecule has 0 radical (unpaired) electrons. The molecule has 1 aliphatic heterocycles. The molecule has 2 heterocycles. The van der Waals surface area contributed by atoms with Crippen LogP contribution in [0.15, 0.2) is 30.5 Å². The lowest BCUT2D eigenvalue weighted by atomic mass is 10.1. The first-order chi connectivity index (χ1) is 11.1. The van der Waals surface area contributed by atoms with Crippen molar-refractivity contribution in [2.24, 2.45) is 0 Å². The summed E-state index contributed by atoms with van der Waals surface area (Å²) in [7, 11) is 0. The number of likely N-dealkylation sites (tertiary alicyclic amines) is 1. The predicted octanol–water partition coefficient (Wildman–Crippen LogP) is 3.89. The van der Waals surface area contributed by atoms with Crippen LogP contribution in [0, 0.1) is 13.8 Å². The number of carbonyl (C=O) groups excluding carboxylic acids is 1. The molecule has 1 aliphatic rings. The van der Waals surface area contributed by atoms with Crippen molar-refractivity contribution in [1.29, 1.82) is 0 Å². The number of hydrogen-bond donors (Lipinski definition) is 1. The maximum Gasteiger partial charge on any atom is 0.322 e. The summed E-state index contributed by atoms with van der Waals surface area (Å²) in [5.74, 6) is 0.